The van der Waals surface area contributed by atoms with Crippen LogP contribution in [0.15, 0.2) is 41.7 Å². The molecule has 0 aromatic heterocycles. The van der Waals surface area contributed by atoms with Gasteiger partial charge in [0.2, 0.25) is 0 Å². The van der Waals surface area contributed by atoms with E-state index < -0.39 is 0 Å². The average molecular weight is 175 g/mol. The Morgan fingerprint density at radius 3 is 2.92 bits per heavy atom. The van der Waals surface area contributed by atoms with Gasteiger partial charge in [-0.25, -0.2) is 0 Å². The number of nitrogens with zero attached hydrogens (tertiary/aromatic N) is 1. The number of rotatable bonds is 3. The largest absolute Gasteiger partial charge is 0.297 e. The van der Waals surface area contributed by atoms with Crippen LogP contribution in [0.25, 0.3) is 0 Å². The third-order valence-corrected chi connectivity index (χ3v) is 1.94. The molecule has 0 saturated heterocycles. The second-order valence-electron chi connectivity index (χ2n) is 3.53. The summed E-state index contributed by atoms with van der Waals surface area (Å²) >= 11 is 0. The normalized spacial score (nSPS) is 18.6. The minimum absolute atomic E-state index is 0.938. The Bertz CT molecular complexity index is 277. The average Bonchev–Trinajstić information content (AvgIpc) is 2.03. The van der Waals surface area contributed by atoms with Gasteiger partial charge in [0.1, 0.15) is 0 Å². The number of allylic oxidation sites excluding steroid dienone is 2. The smallest absolute Gasteiger partial charge is 0.0307 e. The Balaban J connectivity index is 2.68. The summed E-state index contributed by atoms with van der Waals surface area (Å²) < 4.78 is 0. The van der Waals surface area contributed by atoms with Gasteiger partial charge < -0.3 is 0 Å². The van der Waals surface area contributed by atoms with Crippen LogP contribution in [0.2, 0.25) is 0 Å². The van der Waals surface area contributed by atoms with E-state index in [2.05, 4.69) is 43.3 Å². The zero-order valence-corrected chi connectivity index (χ0v) is 8.51. The predicted octanol–water partition coefficient (Wildman–Crippen LogP) is 2.54. The maximum absolute atomic E-state index is 3.68. The fraction of sp³-hybridized carbons (Fsp3) is 0.417. The van der Waals surface area contributed by atoms with E-state index in [1.807, 2.05) is 6.08 Å². The summed E-state index contributed by atoms with van der Waals surface area (Å²) in [6, 6.07) is 0. The third-order valence-electron chi connectivity index (χ3n) is 1.94. The highest BCUT2D eigenvalue weighted by Gasteiger charge is 2.05. The van der Waals surface area contributed by atoms with Gasteiger partial charge in [0.25, 0.3) is 0 Å². The Labute approximate surface area is 80.7 Å². The fourth-order valence-electron chi connectivity index (χ4n) is 1.51. The summed E-state index contributed by atoms with van der Waals surface area (Å²) in [5, 5.41) is 0. The van der Waals surface area contributed by atoms with Crippen molar-refractivity contribution in [1.29, 1.82) is 0 Å². The van der Waals surface area contributed by atoms with Crippen LogP contribution >= 0.6 is 0 Å². The van der Waals surface area contributed by atoms with E-state index in [-0.39, 0.29) is 0 Å². The maximum atomic E-state index is 3.68. The van der Waals surface area contributed by atoms with Crippen LogP contribution < -0.4 is 0 Å². The molecular formula is C12H17N. The van der Waals surface area contributed by atoms with Gasteiger partial charge in [-0.3, -0.25) is 4.90 Å². The van der Waals surface area contributed by atoms with Crippen LogP contribution in [0.3, 0.4) is 0 Å². The van der Waals surface area contributed by atoms with Gasteiger partial charge in [-0.05, 0) is 26.0 Å². The summed E-state index contributed by atoms with van der Waals surface area (Å²) in [7, 11) is 2.13. The van der Waals surface area contributed by atoms with Crippen molar-refractivity contribution in [2.24, 2.45) is 0 Å². The molecule has 0 aliphatic carbocycles. The first-order chi connectivity index (χ1) is 6.22. The Morgan fingerprint density at radius 1 is 1.54 bits per heavy atom. The van der Waals surface area contributed by atoms with E-state index in [9.17, 15) is 0 Å². The highest BCUT2D eigenvalue weighted by Crippen LogP contribution is 2.08. The molecule has 0 unspecified atom stereocenters. The lowest BCUT2D eigenvalue weighted by molar-refractivity contribution is 0.390. The van der Waals surface area contributed by atoms with E-state index in [1.54, 1.807) is 0 Å². The van der Waals surface area contributed by atoms with Gasteiger partial charge in [-0.1, -0.05) is 18.2 Å². The molecule has 0 spiro atoms. The minimum Gasteiger partial charge on any atom is -0.297 e. The summed E-state index contributed by atoms with van der Waals surface area (Å²) in [5.74, 6) is 0. The number of hydrogen-bond acceptors (Lipinski definition) is 1. The molecule has 1 nitrogen and oxygen atoms in total. The molecule has 1 heterocycles. The molecule has 0 aromatic carbocycles. The molecule has 1 rings (SSSR count). The van der Waals surface area contributed by atoms with Gasteiger partial charge in [-0.2, -0.15) is 0 Å². The van der Waals surface area contributed by atoms with E-state index >= 15 is 0 Å². The quantitative estimate of drug-likeness (QED) is 0.470. The molecule has 0 radical (unpaired) electrons. The molecule has 70 valence electrons. The molecule has 1 heteroatoms. The van der Waals surface area contributed by atoms with E-state index in [0.717, 1.165) is 19.5 Å². The standard InChI is InChI=1S/C12H17N/c1-4-5-6-7-12-8-11(2)9-13(3)10-12/h4,6-7H,1,5,9-10H2,2-3H3. The van der Waals surface area contributed by atoms with Crippen molar-refractivity contribution < 1.29 is 0 Å². The van der Waals surface area contributed by atoms with Crippen LogP contribution in [0.1, 0.15) is 13.3 Å². The first kappa shape index (κ1) is 10.0. The van der Waals surface area contributed by atoms with Crippen LogP contribution in [0.5, 0.6) is 0 Å². The first-order valence-electron chi connectivity index (χ1n) is 4.63. The fourth-order valence-corrected chi connectivity index (χ4v) is 1.51. The molecule has 0 atom stereocenters. The molecule has 0 fully saturated rings. The van der Waals surface area contributed by atoms with Crippen molar-refractivity contribution in [2.75, 3.05) is 20.1 Å². The summed E-state index contributed by atoms with van der Waals surface area (Å²) in [4.78, 5) is 2.29. The van der Waals surface area contributed by atoms with Crippen LogP contribution in [-0.2, 0) is 0 Å². The number of hydrogen-bond donors (Lipinski definition) is 0. The van der Waals surface area contributed by atoms with Crippen molar-refractivity contribution in [1.82, 2.24) is 4.90 Å². The molecular weight excluding hydrogens is 158 g/mol. The van der Waals surface area contributed by atoms with Crippen LogP contribution in [0.4, 0.5) is 0 Å². The van der Waals surface area contributed by atoms with Gasteiger partial charge in [0.05, 0.1) is 0 Å². The van der Waals surface area contributed by atoms with Crippen molar-refractivity contribution in [3.8, 4) is 0 Å². The van der Waals surface area contributed by atoms with Gasteiger partial charge >= 0.3 is 0 Å². The second kappa shape index (κ2) is 4.86. The Morgan fingerprint density at radius 2 is 2.31 bits per heavy atom. The summed E-state index contributed by atoms with van der Waals surface area (Å²) in [5.41, 5.74) is 5.96. The van der Waals surface area contributed by atoms with E-state index in [4.69, 9.17) is 0 Å². The Hall–Kier alpha value is -1.04. The highest BCUT2D eigenvalue weighted by atomic mass is 15.1. The van der Waals surface area contributed by atoms with Crippen molar-refractivity contribution in [3.63, 3.8) is 0 Å². The minimum atomic E-state index is 0.938. The summed E-state index contributed by atoms with van der Waals surface area (Å²) in [6.07, 6.45) is 7.11. The van der Waals surface area contributed by atoms with E-state index in [1.165, 1.54) is 11.1 Å². The molecule has 13 heavy (non-hydrogen) atoms. The lowest BCUT2D eigenvalue weighted by Gasteiger charge is -2.19. The van der Waals surface area contributed by atoms with E-state index in [0.29, 0.717) is 0 Å². The second-order valence-corrected chi connectivity index (χ2v) is 3.53. The molecule has 0 saturated carbocycles. The zero-order valence-electron chi connectivity index (χ0n) is 8.51. The summed E-state index contributed by atoms with van der Waals surface area (Å²) in [6.45, 7) is 7.84. The van der Waals surface area contributed by atoms with Crippen molar-refractivity contribution in [3.05, 3.63) is 41.7 Å². The predicted molar refractivity (Wildman–Crippen MR) is 57.7 cm³/mol. The molecule has 1 aliphatic heterocycles. The molecule has 0 amide bonds. The topological polar surface area (TPSA) is 3.24 Å². The molecule has 1 aliphatic rings. The van der Waals surface area contributed by atoms with Gasteiger partial charge in [0.15, 0.2) is 0 Å². The van der Waals surface area contributed by atoms with Gasteiger partial charge in [0, 0.05) is 18.7 Å². The van der Waals surface area contributed by atoms with Crippen molar-refractivity contribution in [2.45, 2.75) is 13.3 Å². The first-order valence-corrected chi connectivity index (χ1v) is 4.63. The lowest BCUT2D eigenvalue weighted by atomic mass is 10.1. The third kappa shape index (κ3) is 3.45. The van der Waals surface area contributed by atoms with Crippen molar-refractivity contribution >= 4 is 0 Å². The SMILES string of the molecule is C=CCC=CC1=C=C(C)CN(C)C1. The number of likely N-dealkylation sites (N-methyl/N-ethyl adjacent to an activating group) is 1. The Kier molecular flexibility index (Phi) is 3.75. The lowest BCUT2D eigenvalue weighted by Crippen LogP contribution is -2.24. The molecule has 0 aromatic rings. The van der Waals surface area contributed by atoms with Crippen LogP contribution in [0, 0.1) is 0 Å². The molecule has 0 bridgehead atoms. The zero-order chi connectivity index (χ0) is 9.68. The van der Waals surface area contributed by atoms with Gasteiger partial charge in [-0.15, -0.1) is 12.3 Å². The monoisotopic (exact) mass is 175 g/mol. The highest BCUT2D eigenvalue weighted by molar-refractivity contribution is 5.25. The maximum Gasteiger partial charge on any atom is 0.0307 e. The molecule has 0 N–H and O–H groups in total. The van der Waals surface area contributed by atoms with Crippen LogP contribution in [-0.4, -0.2) is 25.0 Å².